The van der Waals surface area contributed by atoms with Crippen LogP contribution in [0.3, 0.4) is 0 Å². The monoisotopic (exact) mass is 398 g/mol. The maximum absolute atomic E-state index is 13.2. The Balaban J connectivity index is 1.92. The van der Waals surface area contributed by atoms with Crippen molar-refractivity contribution in [3.05, 3.63) is 0 Å². The summed E-state index contributed by atoms with van der Waals surface area (Å²) in [6, 6.07) is -0.621. The van der Waals surface area contributed by atoms with Crippen LogP contribution >= 0.6 is 11.8 Å². The Bertz CT molecular complexity index is 615. The quantitative estimate of drug-likeness (QED) is 0.591. The molecule has 3 saturated heterocycles. The summed E-state index contributed by atoms with van der Waals surface area (Å²) in [5.74, 6) is -1.73. The second-order valence-electron chi connectivity index (χ2n) is 7.76. The summed E-state index contributed by atoms with van der Waals surface area (Å²) in [6.45, 7) is 5.96. The molecular formula is C19H30N2O5S. The van der Waals surface area contributed by atoms with E-state index < -0.39 is 22.6 Å². The number of ether oxygens (including phenoxy) is 1. The number of nitrogens with zero attached hydrogens (tertiary/aromatic N) is 1. The second kappa shape index (κ2) is 7.99. The number of rotatable bonds is 8. The Morgan fingerprint density at radius 3 is 2.81 bits per heavy atom. The fourth-order valence-corrected chi connectivity index (χ4v) is 7.34. The number of thioether (sulfide) groups is 1. The Kier molecular flexibility index (Phi) is 6.05. The summed E-state index contributed by atoms with van der Waals surface area (Å²) in [5.41, 5.74) is 0. The number of hydrogen-bond donors (Lipinski definition) is 2. The van der Waals surface area contributed by atoms with Crippen LogP contribution in [0.4, 0.5) is 0 Å². The maximum Gasteiger partial charge on any atom is 0.310 e. The van der Waals surface area contributed by atoms with E-state index in [2.05, 4.69) is 12.2 Å². The minimum absolute atomic E-state index is 0.0217. The van der Waals surface area contributed by atoms with Gasteiger partial charge in [0.05, 0.1) is 29.8 Å². The van der Waals surface area contributed by atoms with Crippen LogP contribution < -0.4 is 5.32 Å². The number of fused-ring (bicyclic) bond motifs is 1. The minimum atomic E-state index is -0.643. The van der Waals surface area contributed by atoms with E-state index in [1.165, 1.54) is 4.90 Å². The van der Waals surface area contributed by atoms with Gasteiger partial charge in [0.2, 0.25) is 11.8 Å². The molecule has 0 radical (unpaired) electrons. The van der Waals surface area contributed by atoms with Crippen molar-refractivity contribution < 1.29 is 24.2 Å². The fourth-order valence-electron chi connectivity index (χ4n) is 5.14. The van der Waals surface area contributed by atoms with Gasteiger partial charge in [-0.1, -0.05) is 13.3 Å². The van der Waals surface area contributed by atoms with Crippen molar-refractivity contribution in [1.82, 2.24) is 10.2 Å². The van der Waals surface area contributed by atoms with E-state index >= 15 is 0 Å². The topological polar surface area (TPSA) is 95.9 Å². The predicted octanol–water partition coefficient (Wildman–Crippen LogP) is 0.938. The molecule has 3 unspecified atom stereocenters. The lowest BCUT2D eigenvalue weighted by Crippen LogP contribution is -2.55. The van der Waals surface area contributed by atoms with E-state index in [1.807, 2.05) is 6.92 Å². The first-order valence-electron chi connectivity index (χ1n) is 9.97. The van der Waals surface area contributed by atoms with Crippen molar-refractivity contribution in [2.24, 2.45) is 11.8 Å². The lowest BCUT2D eigenvalue weighted by atomic mass is 9.71. The molecule has 0 saturated carbocycles. The molecule has 0 aromatic carbocycles. The summed E-state index contributed by atoms with van der Waals surface area (Å²) in [7, 11) is 0. The zero-order valence-corrected chi connectivity index (χ0v) is 17.1. The van der Waals surface area contributed by atoms with Crippen molar-refractivity contribution in [1.29, 1.82) is 0 Å². The average molecular weight is 399 g/mol. The third-order valence-electron chi connectivity index (χ3n) is 6.06. The third-order valence-corrected chi connectivity index (χ3v) is 8.01. The molecule has 8 heteroatoms. The first kappa shape index (κ1) is 20.5. The summed E-state index contributed by atoms with van der Waals surface area (Å²) in [6.07, 6.45) is 3.36. The molecule has 3 fully saturated rings. The number of aliphatic hydroxyl groups excluding tert-OH is 1. The van der Waals surface area contributed by atoms with Crippen molar-refractivity contribution in [3.8, 4) is 0 Å². The van der Waals surface area contributed by atoms with Gasteiger partial charge in [0, 0.05) is 17.8 Å². The van der Waals surface area contributed by atoms with Crippen LogP contribution in [0.2, 0.25) is 0 Å². The van der Waals surface area contributed by atoms with Crippen LogP contribution in [0.5, 0.6) is 0 Å². The molecule has 2 amide bonds. The smallest absolute Gasteiger partial charge is 0.310 e. The van der Waals surface area contributed by atoms with Crippen LogP contribution in [0, 0.1) is 11.8 Å². The van der Waals surface area contributed by atoms with Gasteiger partial charge in [0.1, 0.15) is 6.04 Å². The summed E-state index contributed by atoms with van der Waals surface area (Å²) < 4.78 is 4.65. The minimum Gasteiger partial charge on any atom is -0.466 e. The molecule has 0 aromatic heterocycles. The zero-order valence-electron chi connectivity index (χ0n) is 16.3. The van der Waals surface area contributed by atoms with Gasteiger partial charge in [-0.2, -0.15) is 0 Å². The average Bonchev–Trinajstić information content (AvgIpc) is 3.24. The van der Waals surface area contributed by atoms with Gasteiger partial charge in [-0.25, -0.2) is 0 Å². The molecule has 6 atom stereocenters. The lowest BCUT2D eigenvalue weighted by molar-refractivity contribution is -0.153. The molecule has 2 N–H and O–H groups in total. The first-order valence-corrected chi connectivity index (χ1v) is 10.8. The highest BCUT2D eigenvalue weighted by Crippen LogP contribution is 2.66. The first-order chi connectivity index (χ1) is 12.9. The number of hydrogen-bond acceptors (Lipinski definition) is 6. The van der Waals surface area contributed by atoms with E-state index in [1.54, 1.807) is 18.7 Å². The highest BCUT2D eigenvalue weighted by Gasteiger charge is 2.73. The molecule has 7 nitrogen and oxygen atoms in total. The molecule has 1 spiro atoms. The van der Waals surface area contributed by atoms with Crippen LogP contribution in [0.1, 0.15) is 46.5 Å². The molecule has 2 bridgehead atoms. The molecular weight excluding hydrogens is 368 g/mol. The number of nitrogens with one attached hydrogen (secondary N) is 1. The normalized spacial score (nSPS) is 35.3. The number of amides is 2. The van der Waals surface area contributed by atoms with Gasteiger partial charge in [-0.05, 0) is 33.1 Å². The molecule has 3 aliphatic heterocycles. The van der Waals surface area contributed by atoms with E-state index in [0.29, 0.717) is 0 Å². The number of likely N-dealkylation sites (tertiary alicyclic amines) is 1. The molecule has 0 aromatic rings. The number of esters is 1. The van der Waals surface area contributed by atoms with E-state index in [4.69, 9.17) is 4.74 Å². The van der Waals surface area contributed by atoms with Crippen LogP contribution in [-0.2, 0) is 19.1 Å². The van der Waals surface area contributed by atoms with Gasteiger partial charge in [0.15, 0.2) is 0 Å². The summed E-state index contributed by atoms with van der Waals surface area (Å²) >= 11 is 1.62. The van der Waals surface area contributed by atoms with Crippen molar-refractivity contribution in [2.45, 2.75) is 68.5 Å². The largest absolute Gasteiger partial charge is 0.466 e. The second-order valence-corrected chi connectivity index (χ2v) is 9.36. The van der Waals surface area contributed by atoms with Crippen LogP contribution in [0.25, 0.3) is 0 Å². The highest BCUT2D eigenvalue weighted by molar-refractivity contribution is 8.02. The van der Waals surface area contributed by atoms with Crippen molar-refractivity contribution >= 4 is 29.5 Å². The number of aliphatic hydroxyl groups is 1. The zero-order chi connectivity index (χ0) is 19.8. The fraction of sp³-hybridized carbons (Fsp3) is 0.842. The van der Waals surface area contributed by atoms with E-state index in [0.717, 1.165) is 25.7 Å². The summed E-state index contributed by atoms with van der Waals surface area (Å²) in [4.78, 5) is 40.5. The van der Waals surface area contributed by atoms with E-state index in [9.17, 15) is 19.5 Å². The molecule has 152 valence electrons. The molecule has 0 aliphatic carbocycles. The lowest BCUT2D eigenvalue weighted by Gasteiger charge is -2.34. The number of carbonyl (C=O) groups excluding carboxylic acids is 3. The van der Waals surface area contributed by atoms with Crippen molar-refractivity contribution in [2.75, 3.05) is 19.8 Å². The molecule has 27 heavy (non-hydrogen) atoms. The highest BCUT2D eigenvalue weighted by atomic mass is 32.2. The van der Waals surface area contributed by atoms with E-state index in [-0.39, 0.29) is 48.8 Å². The van der Waals surface area contributed by atoms with Gasteiger partial charge < -0.3 is 20.1 Å². The molecule has 3 aliphatic rings. The van der Waals surface area contributed by atoms with Crippen molar-refractivity contribution in [3.63, 3.8) is 0 Å². The predicted molar refractivity (Wildman–Crippen MR) is 102 cm³/mol. The van der Waals surface area contributed by atoms with Gasteiger partial charge >= 0.3 is 5.97 Å². The maximum atomic E-state index is 13.2. The number of carbonyl (C=O) groups is 3. The molecule has 3 heterocycles. The third kappa shape index (κ3) is 3.24. The summed E-state index contributed by atoms with van der Waals surface area (Å²) in [5, 5.41) is 12.5. The molecule has 3 rings (SSSR count). The standard InChI is InChI=1S/C19H30N2O5S/c1-4-6-11(3)20-16(23)15-19-8-7-12(27-19)13(18(25)26-5-2)14(19)17(24)21(15)9-10-22/h11-15,22H,4-10H2,1-3H3,(H,20,23)/t11?,12-,13+,14-,15?,19?/m0/s1. The Labute approximate surface area is 164 Å². The van der Waals surface area contributed by atoms with Gasteiger partial charge in [0.25, 0.3) is 0 Å². The Morgan fingerprint density at radius 1 is 1.44 bits per heavy atom. The van der Waals surface area contributed by atoms with Crippen LogP contribution in [-0.4, -0.2) is 69.6 Å². The number of β-amino-alcohol motifs (C(OH)–C–C–N with tert-alkyl or cyclic N) is 1. The van der Waals surface area contributed by atoms with Gasteiger partial charge in [-0.15, -0.1) is 11.8 Å². The van der Waals surface area contributed by atoms with Gasteiger partial charge in [-0.3, -0.25) is 14.4 Å². The SMILES string of the molecule is CCCC(C)NC(=O)C1N(CCO)C(=O)[C@@H]2[C@H](C(=O)OCC)[C@@H]3CCC12S3. The van der Waals surface area contributed by atoms with Crippen LogP contribution in [0.15, 0.2) is 0 Å². The Hall–Kier alpha value is -1.28. The Morgan fingerprint density at radius 2 is 2.19 bits per heavy atom.